The minimum Gasteiger partial charge on any atom is -0.460 e. The monoisotopic (exact) mass is 826 g/mol. The van der Waals surface area contributed by atoms with E-state index in [1.807, 2.05) is 0 Å². The van der Waals surface area contributed by atoms with Crippen molar-refractivity contribution >= 4 is 130 Å². The molecule has 0 amide bonds. The Hall–Kier alpha value is -3.10. The number of fused-ring (bicyclic) bond motifs is 9. The van der Waals surface area contributed by atoms with Crippen LogP contribution in [0.25, 0.3) is 72.0 Å². The molecule has 8 aromatic rings. The summed E-state index contributed by atoms with van der Waals surface area (Å²) in [6, 6.07) is 32.8. The van der Waals surface area contributed by atoms with Crippen molar-refractivity contribution < 1.29 is 4.42 Å². The molecular formula is C37H22Br4N2O. The number of hydrogen-bond acceptors (Lipinski definition) is 1. The van der Waals surface area contributed by atoms with Gasteiger partial charge in [-0.2, -0.15) is 0 Å². The molecule has 1 atom stereocenters. The highest BCUT2D eigenvalue weighted by molar-refractivity contribution is 9.11. The van der Waals surface area contributed by atoms with Crippen LogP contribution >= 0.6 is 63.7 Å². The molecule has 1 aliphatic rings. The van der Waals surface area contributed by atoms with Crippen molar-refractivity contribution in [3.63, 3.8) is 0 Å². The topological polar surface area (TPSA) is 23.0 Å². The number of halogens is 4. The molecule has 3 aromatic heterocycles. The second kappa shape index (κ2) is 9.95. The van der Waals surface area contributed by atoms with Crippen molar-refractivity contribution in [2.24, 2.45) is 0 Å². The van der Waals surface area contributed by atoms with E-state index in [9.17, 15) is 0 Å². The van der Waals surface area contributed by atoms with Gasteiger partial charge in [0, 0.05) is 67.7 Å². The molecule has 214 valence electrons. The molecular weight excluding hydrogens is 808 g/mol. The van der Waals surface area contributed by atoms with E-state index in [4.69, 9.17) is 4.42 Å². The molecule has 1 aliphatic carbocycles. The predicted octanol–water partition coefficient (Wildman–Crippen LogP) is 13.2. The summed E-state index contributed by atoms with van der Waals surface area (Å²) in [6.45, 7) is 2.28. The van der Waals surface area contributed by atoms with Crippen LogP contribution in [0, 0.1) is 0 Å². The Bertz CT molecular complexity index is 2430. The second-order valence-electron chi connectivity index (χ2n) is 11.6. The van der Waals surface area contributed by atoms with Crippen molar-refractivity contribution in [3.05, 3.63) is 120 Å². The van der Waals surface area contributed by atoms with Gasteiger partial charge < -0.3 is 13.6 Å². The third-order valence-electron chi connectivity index (χ3n) is 8.94. The lowest BCUT2D eigenvalue weighted by Crippen LogP contribution is -2.07. The van der Waals surface area contributed by atoms with Gasteiger partial charge in [0.2, 0.25) is 0 Å². The zero-order valence-corrected chi connectivity index (χ0v) is 29.7. The summed E-state index contributed by atoms with van der Waals surface area (Å²) in [4.78, 5) is 0. The first-order valence-electron chi connectivity index (χ1n) is 14.4. The van der Waals surface area contributed by atoms with Crippen molar-refractivity contribution in [1.29, 1.82) is 0 Å². The maximum atomic E-state index is 6.57. The van der Waals surface area contributed by atoms with E-state index < -0.39 is 0 Å². The number of rotatable bonds is 2. The van der Waals surface area contributed by atoms with Crippen LogP contribution in [0.15, 0.2) is 113 Å². The van der Waals surface area contributed by atoms with E-state index in [-0.39, 0.29) is 5.92 Å². The Balaban J connectivity index is 1.29. The Morgan fingerprint density at radius 2 is 1.05 bits per heavy atom. The van der Waals surface area contributed by atoms with Gasteiger partial charge in [0.05, 0.1) is 22.1 Å². The normalized spacial score (nSPS) is 15.2. The largest absolute Gasteiger partial charge is 0.460 e. The quantitative estimate of drug-likeness (QED) is 0.170. The smallest absolute Gasteiger partial charge is 0.135 e. The van der Waals surface area contributed by atoms with Gasteiger partial charge in [0.15, 0.2) is 0 Å². The van der Waals surface area contributed by atoms with Crippen LogP contribution in [0.4, 0.5) is 0 Å². The van der Waals surface area contributed by atoms with Crippen LogP contribution in [0.1, 0.15) is 30.6 Å². The molecule has 7 heteroatoms. The number of allylic oxidation sites excluding steroid dienone is 1. The predicted molar refractivity (Wildman–Crippen MR) is 198 cm³/mol. The van der Waals surface area contributed by atoms with Gasteiger partial charge in [-0.3, -0.25) is 0 Å². The van der Waals surface area contributed by atoms with Gasteiger partial charge in [-0.25, -0.2) is 0 Å². The van der Waals surface area contributed by atoms with E-state index in [0.717, 1.165) is 46.7 Å². The SMILES string of the molecule is CC1CC(n2c3ccc(Br)cc3c3cc(Br)ccc32)=Cc2c1oc1ccc(-n3c4ccc(Br)cc4c4cc(Br)ccc43)cc21. The van der Waals surface area contributed by atoms with Gasteiger partial charge in [0.1, 0.15) is 11.3 Å². The van der Waals surface area contributed by atoms with Crippen LogP contribution in [0.2, 0.25) is 0 Å². The van der Waals surface area contributed by atoms with E-state index in [0.29, 0.717) is 0 Å². The third kappa shape index (κ3) is 4.02. The third-order valence-corrected chi connectivity index (χ3v) is 10.9. The van der Waals surface area contributed by atoms with Gasteiger partial charge in [-0.15, -0.1) is 0 Å². The molecule has 1 unspecified atom stereocenters. The van der Waals surface area contributed by atoms with Crippen LogP contribution in [-0.2, 0) is 0 Å². The number of aromatic nitrogens is 2. The summed E-state index contributed by atoms with van der Waals surface area (Å²) in [7, 11) is 0. The zero-order chi connectivity index (χ0) is 29.9. The Morgan fingerprint density at radius 1 is 0.568 bits per heavy atom. The van der Waals surface area contributed by atoms with Gasteiger partial charge in [-0.1, -0.05) is 70.6 Å². The minimum absolute atomic E-state index is 0.238. The summed E-state index contributed by atoms with van der Waals surface area (Å²) < 4.78 is 15.7. The number of benzene rings is 5. The average molecular weight is 830 g/mol. The lowest BCUT2D eigenvalue weighted by Gasteiger charge is -2.21. The average Bonchev–Trinajstić information content (AvgIpc) is 3.64. The number of nitrogens with zero attached hydrogens (tertiary/aromatic N) is 2. The van der Waals surface area contributed by atoms with Gasteiger partial charge in [-0.05, 0) is 103 Å². The fourth-order valence-electron chi connectivity index (χ4n) is 7.09. The first-order chi connectivity index (χ1) is 21.3. The highest BCUT2D eigenvalue weighted by Crippen LogP contribution is 2.45. The second-order valence-corrected chi connectivity index (χ2v) is 15.3. The lowest BCUT2D eigenvalue weighted by atomic mass is 9.91. The Kier molecular flexibility index (Phi) is 6.16. The molecule has 9 rings (SSSR count). The molecule has 0 N–H and O–H groups in total. The van der Waals surface area contributed by atoms with E-state index in [2.05, 4.69) is 177 Å². The molecule has 0 bridgehead atoms. The summed E-state index contributed by atoms with van der Waals surface area (Å²) >= 11 is 14.8. The Labute approximate surface area is 286 Å². The van der Waals surface area contributed by atoms with E-state index in [1.54, 1.807) is 0 Å². The number of furan rings is 1. The molecule has 0 saturated heterocycles. The van der Waals surface area contributed by atoms with E-state index >= 15 is 0 Å². The fraction of sp³-hybridized carbons (Fsp3) is 0.0811. The zero-order valence-electron chi connectivity index (χ0n) is 23.3. The maximum Gasteiger partial charge on any atom is 0.135 e. The fourth-order valence-corrected chi connectivity index (χ4v) is 8.53. The molecule has 44 heavy (non-hydrogen) atoms. The first kappa shape index (κ1) is 27.2. The highest BCUT2D eigenvalue weighted by atomic mass is 79.9. The summed E-state index contributed by atoms with van der Waals surface area (Å²) in [5.74, 6) is 1.30. The molecule has 0 saturated carbocycles. The van der Waals surface area contributed by atoms with Crippen LogP contribution in [0.5, 0.6) is 0 Å². The van der Waals surface area contributed by atoms with Crippen molar-refractivity contribution in [3.8, 4) is 5.69 Å². The van der Waals surface area contributed by atoms with Crippen molar-refractivity contribution in [2.75, 3.05) is 0 Å². The Morgan fingerprint density at radius 3 is 1.55 bits per heavy atom. The van der Waals surface area contributed by atoms with Crippen LogP contribution in [0.3, 0.4) is 0 Å². The standard InChI is InChI=1S/C37H22Br4N2O/c1-19-12-25(43-34-9-4-22(40)15-28(34)29-16-23(41)5-10-35(29)43)18-31-30-17-24(6-11-36(30)44-37(19)31)42-32-7-2-20(38)13-26(32)27-14-21(39)3-8-33(27)42/h2-11,13-19H,12H2,1H3. The highest BCUT2D eigenvalue weighted by Gasteiger charge is 2.27. The summed E-state index contributed by atoms with van der Waals surface area (Å²) in [5, 5.41) is 6.03. The molecule has 3 nitrogen and oxygen atoms in total. The maximum absolute atomic E-state index is 6.57. The van der Waals surface area contributed by atoms with E-state index in [1.165, 1.54) is 54.9 Å². The first-order valence-corrected chi connectivity index (χ1v) is 17.6. The molecule has 0 aliphatic heterocycles. The number of hydrogen-bond donors (Lipinski definition) is 0. The van der Waals surface area contributed by atoms with Crippen molar-refractivity contribution in [1.82, 2.24) is 9.13 Å². The van der Waals surface area contributed by atoms with Crippen LogP contribution in [-0.4, -0.2) is 9.13 Å². The molecule has 0 radical (unpaired) electrons. The summed E-state index contributed by atoms with van der Waals surface area (Å²) in [5.41, 5.74) is 9.24. The lowest BCUT2D eigenvalue weighted by molar-refractivity contribution is 0.504. The van der Waals surface area contributed by atoms with Crippen molar-refractivity contribution in [2.45, 2.75) is 19.3 Å². The summed E-state index contributed by atoms with van der Waals surface area (Å²) in [6.07, 6.45) is 3.25. The minimum atomic E-state index is 0.238. The molecule has 0 fully saturated rings. The van der Waals surface area contributed by atoms with Gasteiger partial charge >= 0.3 is 0 Å². The molecule has 5 aromatic carbocycles. The van der Waals surface area contributed by atoms with Crippen LogP contribution < -0.4 is 0 Å². The molecule has 3 heterocycles. The van der Waals surface area contributed by atoms with Gasteiger partial charge in [0.25, 0.3) is 0 Å². The molecule has 0 spiro atoms.